The monoisotopic (exact) mass is 247 g/mol. The van der Waals surface area contributed by atoms with E-state index in [9.17, 15) is 0 Å². The fraction of sp³-hybridized carbons (Fsp3) is 0.417. The quantitative estimate of drug-likeness (QED) is 0.869. The molecule has 0 saturated heterocycles. The second-order valence-electron chi connectivity index (χ2n) is 4.23. The molecule has 0 fully saturated rings. The maximum atomic E-state index is 5.63. The first-order valence-corrected chi connectivity index (χ1v) is 5.85. The van der Waals surface area contributed by atoms with Gasteiger partial charge in [-0.3, -0.25) is 0 Å². The predicted molar refractivity (Wildman–Crippen MR) is 68.3 cm³/mol. The highest BCUT2D eigenvalue weighted by molar-refractivity contribution is 5.52. The van der Waals surface area contributed by atoms with Crippen molar-refractivity contribution in [1.82, 2.24) is 19.7 Å². The summed E-state index contributed by atoms with van der Waals surface area (Å²) in [5.74, 6) is 1.46. The molecule has 0 unspecified atom stereocenters. The van der Waals surface area contributed by atoms with E-state index in [1.54, 1.807) is 12.5 Å². The Bertz CT molecular complexity index is 509. The average molecular weight is 247 g/mol. The topological polar surface area (TPSA) is 64.9 Å². The molecular formula is C12H17N5O. The summed E-state index contributed by atoms with van der Waals surface area (Å²) in [5, 5.41) is 11.1. The molecule has 6 heteroatoms. The molecule has 0 aromatic carbocycles. The van der Waals surface area contributed by atoms with Crippen LogP contribution in [0.3, 0.4) is 0 Å². The van der Waals surface area contributed by atoms with E-state index in [0.29, 0.717) is 12.4 Å². The van der Waals surface area contributed by atoms with Gasteiger partial charge in [0.2, 0.25) is 5.88 Å². The van der Waals surface area contributed by atoms with E-state index >= 15 is 0 Å². The first kappa shape index (κ1) is 12.3. The molecule has 2 aromatic heterocycles. The Kier molecular flexibility index (Phi) is 3.76. The normalized spacial score (nSPS) is 10.7. The summed E-state index contributed by atoms with van der Waals surface area (Å²) in [7, 11) is 1.91. The van der Waals surface area contributed by atoms with Crippen molar-refractivity contribution < 1.29 is 4.74 Å². The molecule has 0 atom stereocenters. The van der Waals surface area contributed by atoms with Crippen LogP contribution in [-0.4, -0.2) is 25.9 Å². The molecule has 0 aliphatic rings. The summed E-state index contributed by atoms with van der Waals surface area (Å²) in [6.45, 7) is 4.53. The summed E-state index contributed by atoms with van der Waals surface area (Å²) in [6, 6.07) is 3.80. The van der Waals surface area contributed by atoms with Crippen molar-refractivity contribution in [2.75, 3.05) is 5.32 Å². The second-order valence-corrected chi connectivity index (χ2v) is 4.23. The number of ether oxygens (including phenoxy) is 1. The molecular weight excluding hydrogens is 230 g/mol. The first-order valence-electron chi connectivity index (χ1n) is 5.85. The molecule has 18 heavy (non-hydrogen) atoms. The summed E-state index contributed by atoms with van der Waals surface area (Å²) < 4.78 is 7.50. The molecule has 2 aromatic rings. The maximum Gasteiger partial charge on any atom is 0.237 e. The molecule has 0 amide bonds. The molecule has 0 radical (unpaired) electrons. The van der Waals surface area contributed by atoms with Crippen LogP contribution < -0.4 is 10.1 Å². The van der Waals surface area contributed by atoms with Crippen molar-refractivity contribution in [3.63, 3.8) is 0 Å². The van der Waals surface area contributed by atoms with E-state index in [1.807, 2.05) is 37.6 Å². The van der Waals surface area contributed by atoms with Gasteiger partial charge in [0, 0.05) is 13.2 Å². The Hall–Kier alpha value is -2.11. The summed E-state index contributed by atoms with van der Waals surface area (Å²) >= 11 is 0. The third-order valence-corrected chi connectivity index (χ3v) is 2.36. The molecule has 2 heterocycles. The van der Waals surface area contributed by atoms with Crippen LogP contribution in [0.2, 0.25) is 0 Å². The number of aryl methyl sites for hydroxylation is 1. The molecule has 0 aliphatic heterocycles. The molecule has 96 valence electrons. The van der Waals surface area contributed by atoms with Gasteiger partial charge in [-0.15, -0.1) is 10.2 Å². The number of rotatable bonds is 5. The van der Waals surface area contributed by atoms with Crippen LogP contribution in [0.1, 0.15) is 19.7 Å². The minimum Gasteiger partial charge on any atom is -0.473 e. The Labute approximate surface area is 106 Å². The van der Waals surface area contributed by atoms with Gasteiger partial charge in [-0.05, 0) is 26.0 Å². The third-order valence-electron chi connectivity index (χ3n) is 2.36. The van der Waals surface area contributed by atoms with Gasteiger partial charge in [0.05, 0.1) is 18.3 Å². The highest BCUT2D eigenvalue weighted by Crippen LogP contribution is 2.22. The van der Waals surface area contributed by atoms with Gasteiger partial charge in [-0.2, -0.15) is 0 Å². The molecule has 1 N–H and O–H groups in total. The lowest BCUT2D eigenvalue weighted by atomic mass is 10.4. The van der Waals surface area contributed by atoms with E-state index in [4.69, 9.17) is 4.74 Å². The van der Waals surface area contributed by atoms with Gasteiger partial charge in [0.1, 0.15) is 6.33 Å². The summed E-state index contributed by atoms with van der Waals surface area (Å²) in [5.41, 5.74) is 0.856. The minimum atomic E-state index is 0.0929. The smallest absolute Gasteiger partial charge is 0.237 e. The van der Waals surface area contributed by atoms with E-state index < -0.39 is 0 Å². The van der Waals surface area contributed by atoms with Crippen LogP contribution >= 0.6 is 0 Å². The number of hydrogen-bond acceptors (Lipinski definition) is 5. The highest BCUT2D eigenvalue weighted by Gasteiger charge is 2.07. The minimum absolute atomic E-state index is 0.0929. The third kappa shape index (κ3) is 2.97. The Balaban J connectivity index is 2.07. The van der Waals surface area contributed by atoms with Crippen LogP contribution in [0.4, 0.5) is 5.69 Å². The van der Waals surface area contributed by atoms with Crippen LogP contribution in [0.5, 0.6) is 5.88 Å². The van der Waals surface area contributed by atoms with Gasteiger partial charge in [-0.25, -0.2) is 4.98 Å². The molecule has 0 saturated carbocycles. The molecule has 0 spiro atoms. The Morgan fingerprint density at radius 1 is 1.44 bits per heavy atom. The number of nitrogens with one attached hydrogen (secondary N) is 1. The van der Waals surface area contributed by atoms with Crippen molar-refractivity contribution in [3.8, 4) is 5.88 Å². The van der Waals surface area contributed by atoms with E-state index in [0.717, 1.165) is 11.5 Å². The highest BCUT2D eigenvalue weighted by atomic mass is 16.5. The second kappa shape index (κ2) is 5.48. The lowest BCUT2D eigenvalue weighted by Gasteiger charge is -2.13. The maximum absolute atomic E-state index is 5.63. The summed E-state index contributed by atoms with van der Waals surface area (Å²) in [6.07, 6.45) is 3.48. The zero-order chi connectivity index (χ0) is 13.0. The Morgan fingerprint density at radius 2 is 2.28 bits per heavy atom. The van der Waals surface area contributed by atoms with Crippen LogP contribution in [-0.2, 0) is 13.6 Å². The van der Waals surface area contributed by atoms with Crippen molar-refractivity contribution >= 4 is 5.69 Å². The molecule has 2 rings (SSSR count). The number of aromatic nitrogens is 4. The number of anilines is 1. The number of hydrogen-bond donors (Lipinski definition) is 1. The largest absolute Gasteiger partial charge is 0.473 e. The van der Waals surface area contributed by atoms with Gasteiger partial charge in [-0.1, -0.05) is 0 Å². The molecule has 0 bridgehead atoms. The standard InChI is InChI=1S/C12H17N5O/c1-9(2)18-12-10(5-4-6-13-12)14-7-11-16-15-8-17(11)3/h4-6,8-9,14H,7H2,1-3H3. The lowest BCUT2D eigenvalue weighted by molar-refractivity contribution is 0.234. The lowest BCUT2D eigenvalue weighted by Crippen LogP contribution is -2.11. The van der Waals surface area contributed by atoms with Crippen LogP contribution in [0.15, 0.2) is 24.7 Å². The Morgan fingerprint density at radius 3 is 2.94 bits per heavy atom. The van der Waals surface area contributed by atoms with Crippen LogP contribution in [0, 0.1) is 0 Å². The van der Waals surface area contributed by atoms with Crippen LogP contribution in [0.25, 0.3) is 0 Å². The van der Waals surface area contributed by atoms with E-state index in [2.05, 4.69) is 20.5 Å². The number of nitrogens with zero attached hydrogens (tertiary/aromatic N) is 4. The van der Waals surface area contributed by atoms with Crippen molar-refractivity contribution in [1.29, 1.82) is 0 Å². The van der Waals surface area contributed by atoms with E-state index in [1.165, 1.54) is 0 Å². The fourth-order valence-electron chi connectivity index (χ4n) is 1.48. The zero-order valence-electron chi connectivity index (χ0n) is 10.8. The predicted octanol–water partition coefficient (Wildman–Crippen LogP) is 1.61. The summed E-state index contributed by atoms with van der Waals surface area (Å²) in [4.78, 5) is 4.21. The van der Waals surface area contributed by atoms with Gasteiger partial charge in [0.15, 0.2) is 5.82 Å². The first-order chi connectivity index (χ1) is 8.66. The fourth-order valence-corrected chi connectivity index (χ4v) is 1.48. The van der Waals surface area contributed by atoms with Gasteiger partial charge < -0.3 is 14.6 Å². The molecule has 0 aliphatic carbocycles. The van der Waals surface area contributed by atoms with Crippen molar-refractivity contribution in [3.05, 3.63) is 30.5 Å². The molecule has 6 nitrogen and oxygen atoms in total. The number of pyridine rings is 1. The SMILES string of the molecule is CC(C)Oc1ncccc1NCc1nncn1C. The van der Waals surface area contributed by atoms with Gasteiger partial charge >= 0.3 is 0 Å². The van der Waals surface area contributed by atoms with Crippen molar-refractivity contribution in [2.24, 2.45) is 7.05 Å². The average Bonchev–Trinajstić information content (AvgIpc) is 2.73. The van der Waals surface area contributed by atoms with Crippen molar-refractivity contribution in [2.45, 2.75) is 26.5 Å². The zero-order valence-corrected chi connectivity index (χ0v) is 10.8. The van der Waals surface area contributed by atoms with Gasteiger partial charge in [0.25, 0.3) is 0 Å². The van der Waals surface area contributed by atoms with E-state index in [-0.39, 0.29) is 6.10 Å².